The molecule has 2 heterocycles. The third-order valence-electron chi connectivity index (χ3n) is 4.20. The van der Waals surface area contributed by atoms with Gasteiger partial charge >= 0.3 is 0 Å². The summed E-state index contributed by atoms with van der Waals surface area (Å²) in [6, 6.07) is 13.9. The van der Waals surface area contributed by atoms with Crippen LogP contribution in [-0.2, 0) is 6.42 Å². The van der Waals surface area contributed by atoms with Crippen molar-refractivity contribution in [1.29, 1.82) is 5.26 Å². The van der Waals surface area contributed by atoms with Crippen molar-refractivity contribution in [3.8, 4) is 6.07 Å². The Morgan fingerprint density at radius 1 is 1.08 bits per heavy atom. The van der Waals surface area contributed by atoms with E-state index in [2.05, 4.69) is 47.7 Å². The topological polar surface area (TPSA) is 73.6 Å². The van der Waals surface area contributed by atoms with Crippen LogP contribution < -0.4 is 10.6 Å². The Morgan fingerprint density at radius 3 is 2.60 bits per heavy atom. The molecule has 1 aromatic carbocycles. The molecule has 0 amide bonds. The summed E-state index contributed by atoms with van der Waals surface area (Å²) in [7, 11) is 0. The summed E-state index contributed by atoms with van der Waals surface area (Å²) < 4.78 is 0. The molecule has 0 fully saturated rings. The fourth-order valence-electron chi connectivity index (χ4n) is 2.87. The average Bonchev–Trinajstić information content (AvgIpc) is 2.66. The Hall–Kier alpha value is -3.13. The van der Waals surface area contributed by atoms with Crippen molar-refractivity contribution in [1.82, 2.24) is 9.97 Å². The Labute approximate surface area is 147 Å². The second kappa shape index (κ2) is 7.63. The summed E-state index contributed by atoms with van der Waals surface area (Å²) in [5, 5.41) is 16.7. The standard InChI is InChI=1S/C20H21N5/c1-3-17-14(2)20(16-6-4-5-7-18(16)25-17)23-11-10-22-19-9-8-15(12-21)13-24-19/h4-9,13H,3,10-11H2,1-2H3,(H,22,24)(H,23,25). The van der Waals surface area contributed by atoms with Gasteiger partial charge in [-0.2, -0.15) is 5.26 Å². The van der Waals surface area contributed by atoms with Crippen LogP contribution in [0.4, 0.5) is 11.5 Å². The third kappa shape index (κ3) is 3.69. The summed E-state index contributed by atoms with van der Waals surface area (Å²) in [5.74, 6) is 0.770. The molecule has 126 valence electrons. The molecule has 0 spiro atoms. The zero-order valence-corrected chi connectivity index (χ0v) is 14.5. The fraction of sp³-hybridized carbons (Fsp3) is 0.250. The number of pyridine rings is 2. The van der Waals surface area contributed by atoms with E-state index in [1.54, 1.807) is 12.3 Å². The number of nitrogens with zero attached hydrogens (tertiary/aromatic N) is 3. The van der Waals surface area contributed by atoms with E-state index in [0.717, 1.165) is 47.6 Å². The van der Waals surface area contributed by atoms with Crippen molar-refractivity contribution in [3.63, 3.8) is 0 Å². The molecule has 0 radical (unpaired) electrons. The highest BCUT2D eigenvalue weighted by Gasteiger charge is 2.10. The van der Waals surface area contributed by atoms with Crippen LogP contribution in [0, 0.1) is 18.3 Å². The molecule has 0 atom stereocenters. The molecule has 3 aromatic rings. The van der Waals surface area contributed by atoms with Gasteiger partial charge in [-0.25, -0.2) is 4.98 Å². The Kier molecular flexibility index (Phi) is 5.10. The van der Waals surface area contributed by atoms with E-state index < -0.39 is 0 Å². The van der Waals surface area contributed by atoms with E-state index in [4.69, 9.17) is 10.2 Å². The summed E-state index contributed by atoms with van der Waals surface area (Å²) >= 11 is 0. The minimum atomic E-state index is 0.564. The first kappa shape index (κ1) is 16.7. The Balaban J connectivity index is 1.70. The number of para-hydroxylation sites is 1. The number of aryl methyl sites for hydroxylation is 1. The molecule has 0 bridgehead atoms. The average molecular weight is 331 g/mol. The first-order chi connectivity index (χ1) is 12.2. The van der Waals surface area contributed by atoms with Crippen molar-refractivity contribution >= 4 is 22.4 Å². The van der Waals surface area contributed by atoms with E-state index in [0.29, 0.717) is 5.56 Å². The molecule has 5 nitrogen and oxygen atoms in total. The monoisotopic (exact) mass is 331 g/mol. The lowest BCUT2D eigenvalue weighted by Gasteiger charge is -2.16. The Morgan fingerprint density at radius 2 is 1.88 bits per heavy atom. The lowest BCUT2D eigenvalue weighted by atomic mass is 10.1. The molecule has 2 N–H and O–H groups in total. The van der Waals surface area contributed by atoms with Crippen LogP contribution in [0.3, 0.4) is 0 Å². The maximum Gasteiger partial charge on any atom is 0.126 e. The van der Waals surface area contributed by atoms with Gasteiger partial charge in [0.2, 0.25) is 0 Å². The second-order valence-corrected chi connectivity index (χ2v) is 5.83. The largest absolute Gasteiger partial charge is 0.382 e. The molecule has 3 rings (SSSR count). The van der Waals surface area contributed by atoms with Crippen LogP contribution in [0.25, 0.3) is 10.9 Å². The van der Waals surface area contributed by atoms with Crippen LogP contribution in [0.2, 0.25) is 0 Å². The summed E-state index contributed by atoms with van der Waals surface area (Å²) in [4.78, 5) is 8.97. The lowest BCUT2D eigenvalue weighted by Crippen LogP contribution is -2.15. The minimum absolute atomic E-state index is 0.564. The highest BCUT2D eigenvalue weighted by atomic mass is 15.0. The second-order valence-electron chi connectivity index (χ2n) is 5.83. The minimum Gasteiger partial charge on any atom is -0.382 e. The molecule has 0 aliphatic heterocycles. The van der Waals surface area contributed by atoms with Gasteiger partial charge in [0.05, 0.1) is 11.1 Å². The van der Waals surface area contributed by atoms with Gasteiger partial charge in [-0.15, -0.1) is 0 Å². The Bertz CT molecular complexity index is 910. The number of nitriles is 1. The number of nitrogens with one attached hydrogen (secondary N) is 2. The van der Waals surface area contributed by atoms with Gasteiger partial charge in [-0.05, 0) is 37.1 Å². The van der Waals surface area contributed by atoms with Crippen LogP contribution in [0.1, 0.15) is 23.7 Å². The number of hydrogen-bond acceptors (Lipinski definition) is 5. The van der Waals surface area contributed by atoms with Gasteiger partial charge in [0.1, 0.15) is 11.9 Å². The molecule has 0 aliphatic rings. The van der Waals surface area contributed by atoms with Gasteiger partial charge < -0.3 is 10.6 Å². The molecule has 25 heavy (non-hydrogen) atoms. The number of benzene rings is 1. The van der Waals surface area contributed by atoms with E-state index in [1.807, 2.05) is 18.2 Å². The van der Waals surface area contributed by atoms with Gasteiger partial charge in [0, 0.05) is 36.1 Å². The molecule has 0 saturated heterocycles. The van der Waals surface area contributed by atoms with Crippen LogP contribution >= 0.6 is 0 Å². The van der Waals surface area contributed by atoms with Crippen molar-refractivity contribution in [3.05, 3.63) is 59.4 Å². The first-order valence-electron chi connectivity index (χ1n) is 8.45. The SMILES string of the molecule is CCc1nc2ccccc2c(NCCNc2ccc(C#N)cn2)c1C. The van der Waals surface area contributed by atoms with Crippen LogP contribution in [0.5, 0.6) is 0 Å². The van der Waals surface area contributed by atoms with Gasteiger partial charge in [0.15, 0.2) is 0 Å². The van der Waals surface area contributed by atoms with Crippen molar-refractivity contribution < 1.29 is 0 Å². The highest BCUT2D eigenvalue weighted by molar-refractivity contribution is 5.93. The third-order valence-corrected chi connectivity index (χ3v) is 4.20. The van der Waals surface area contributed by atoms with Crippen LogP contribution in [-0.4, -0.2) is 23.1 Å². The molecular formula is C20H21N5. The van der Waals surface area contributed by atoms with E-state index >= 15 is 0 Å². The molecule has 0 saturated carbocycles. The summed E-state index contributed by atoms with van der Waals surface area (Å²) in [5.41, 5.74) is 5.07. The number of rotatable bonds is 6. The van der Waals surface area contributed by atoms with Gasteiger partial charge in [0.25, 0.3) is 0 Å². The first-order valence-corrected chi connectivity index (χ1v) is 8.45. The van der Waals surface area contributed by atoms with Crippen molar-refractivity contribution in [2.45, 2.75) is 20.3 Å². The number of fused-ring (bicyclic) bond motifs is 1. The van der Waals surface area contributed by atoms with E-state index in [-0.39, 0.29) is 0 Å². The molecular weight excluding hydrogens is 310 g/mol. The highest BCUT2D eigenvalue weighted by Crippen LogP contribution is 2.28. The van der Waals surface area contributed by atoms with Gasteiger partial charge in [-0.1, -0.05) is 25.1 Å². The van der Waals surface area contributed by atoms with Crippen LogP contribution in [0.15, 0.2) is 42.6 Å². The summed E-state index contributed by atoms with van der Waals surface area (Å²) in [6.45, 7) is 5.75. The number of hydrogen-bond donors (Lipinski definition) is 2. The quantitative estimate of drug-likeness (QED) is 0.670. The zero-order valence-electron chi connectivity index (χ0n) is 14.5. The molecule has 0 unspecified atom stereocenters. The van der Waals surface area contributed by atoms with E-state index in [1.165, 1.54) is 5.56 Å². The normalized spacial score (nSPS) is 10.4. The van der Waals surface area contributed by atoms with Crippen molar-refractivity contribution in [2.75, 3.05) is 23.7 Å². The maximum atomic E-state index is 8.80. The predicted molar refractivity (Wildman–Crippen MR) is 102 cm³/mol. The maximum absolute atomic E-state index is 8.80. The summed E-state index contributed by atoms with van der Waals surface area (Å²) in [6.07, 6.45) is 2.49. The van der Waals surface area contributed by atoms with Crippen molar-refractivity contribution in [2.24, 2.45) is 0 Å². The number of aromatic nitrogens is 2. The fourth-order valence-corrected chi connectivity index (χ4v) is 2.87. The van der Waals surface area contributed by atoms with E-state index in [9.17, 15) is 0 Å². The molecule has 0 aliphatic carbocycles. The predicted octanol–water partition coefficient (Wildman–Crippen LogP) is 3.90. The smallest absolute Gasteiger partial charge is 0.126 e. The number of anilines is 2. The van der Waals surface area contributed by atoms with Gasteiger partial charge in [-0.3, -0.25) is 4.98 Å². The molecule has 5 heteroatoms. The lowest BCUT2D eigenvalue weighted by molar-refractivity contribution is 1.02. The zero-order chi connectivity index (χ0) is 17.6. The molecule has 2 aromatic heterocycles.